The zero-order chi connectivity index (χ0) is 14.4. The van der Waals surface area contributed by atoms with E-state index in [1.54, 1.807) is 7.11 Å². The molecule has 0 aliphatic heterocycles. The highest BCUT2D eigenvalue weighted by atomic mass is 79.9. The topological polar surface area (TPSA) is 21.3 Å². The van der Waals surface area contributed by atoms with Crippen molar-refractivity contribution in [3.63, 3.8) is 0 Å². The van der Waals surface area contributed by atoms with E-state index in [4.69, 9.17) is 4.74 Å². The van der Waals surface area contributed by atoms with Crippen LogP contribution in [-0.4, -0.2) is 14.2 Å². The molecular weight excluding hydrogens is 334 g/mol. The first-order valence-electron chi connectivity index (χ1n) is 6.41. The van der Waals surface area contributed by atoms with Crippen molar-refractivity contribution in [2.45, 2.75) is 17.2 Å². The number of ether oxygens (including phenoxy) is 1. The minimum atomic E-state index is 0.874. The summed E-state index contributed by atoms with van der Waals surface area (Å²) in [6, 6.07) is 14.7. The predicted octanol–water partition coefficient (Wildman–Crippen LogP) is 4.47. The number of rotatable bonds is 6. The molecule has 20 heavy (non-hydrogen) atoms. The molecule has 0 atom stereocenters. The van der Waals surface area contributed by atoms with Crippen molar-refractivity contribution in [2.24, 2.45) is 0 Å². The fourth-order valence-corrected chi connectivity index (χ4v) is 3.46. The lowest BCUT2D eigenvalue weighted by molar-refractivity contribution is 0.411. The van der Waals surface area contributed by atoms with Crippen LogP contribution >= 0.6 is 27.7 Å². The Morgan fingerprint density at radius 2 is 2.05 bits per heavy atom. The third kappa shape index (κ3) is 4.27. The molecule has 4 heteroatoms. The van der Waals surface area contributed by atoms with Gasteiger partial charge in [0.2, 0.25) is 0 Å². The van der Waals surface area contributed by atoms with Gasteiger partial charge in [-0.3, -0.25) is 0 Å². The summed E-state index contributed by atoms with van der Waals surface area (Å²) in [6.45, 7) is 0.874. The van der Waals surface area contributed by atoms with Gasteiger partial charge in [-0.1, -0.05) is 28.1 Å². The van der Waals surface area contributed by atoms with Crippen molar-refractivity contribution in [1.29, 1.82) is 0 Å². The first kappa shape index (κ1) is 15.4. The summed E-state index contributed by atoms with van der Waals surface area (Å²) in [5, 5.41) is 3.18. The van der Waals surface area contributed by atoms with Crippen LogP contribution in [0.15, 0.2) is 51.8 Å². The molecule has 2 rings (SSSR count). The van der Waals surface area contributed by atoms with Gasteiger partial charge in [-0.2, -0.15) is 0 Å². The van der Waals surface area contributed by atoms with Crippen molar-refractivity contribution in [3.8, 4) is 5.75 Å². The number of benzene rings is 2. The molecule has 0 saturated heterocycles. The van der Waals surface area contributed by atoms with Crippen LogP contribution in [0.4, 0.5) is 0 Å². The molecule has 0 bridgehead atoms. The molecule has 0 unspecified atom stereocenters. The number of methoxy groups -OCH3 is 1. The number of halogens is 1. The largest absolute Gasteiger partial charge is 0.496 e. The Labute approximate surface area is 133 Å². The van der Waals surface area contributed by atoms with Gasteiger partial charge in [-0.05, 0) is 42.9 Å². The predicted molar refractivity (Wildman–Crippen MR) is 89.5 cm³/mol. The molecule has 0 amide bonds. The summed E-state index contributed by atoms with van der Waals surface area (Å²) in [5.41, 5.74) is 2.50. The molecule has 0 aliphatic rings. The molecule has 106 valence electrons. The second-order valence-corrected chi connectivity index (χ2v) is 6.39. The Morgan fingerprint density at radius 1 is 1.20 bits per heavy atom. The van der Waals surface area contributed by atoms with Crippen LogP contribution in [0.3, 0.4) is 0 Å². The van der Waals surface area contributed by atoms with Gasteiger partial charge in [-0.25, -0.2) is 0 Å². The van der Waals surface area contributed by atoms with Gasteiger partial charge in [0, 0.05) is 27.2 Å². The average molecular weight is 352 g/mol. The molecule has 1 N–H and O–H groups in total. The Hall–Kier alpha value is -0.970. The van der Waals surface area contributed by atoms with Crippen molar-refractivity contribution in [2.75, 3.05) is 14.2 Å². The molecule has 0 fully saturated rings. The maximum atomic E-state index is 5.45. The molecular formula is C16H18BrNOS. The Morgan fingerprint density at radius 3 is 2.75 bits per heavy atom. The average Bonchev–Trinajstić information content (AvgIpc) is 2.46. The minimum absolute atomic E-state index is 0.874. The molecule has 0 radical (unpaired) electrons. The standard InChI is InChI=1S/C16H18BrNOS/c1-18-10-12-6-7-16(19-2)13(8-12)11-20-15-5-3-4-14(17)9-15/h3-9,18H,10-11H2,1-2H3. The molecule has 0 saturated carbocycles. The highest BCUT2D eigenvalue weighted by molar-refractivity contribution is 9.10. The second kappa shape index (κ2) is 7.72. The summed E-state index contributed by atoms with van der Waals surface area (Å²) in [7, 11) is 3.68. The molecule has 0 spiro atoms. The van der Waals surface area contributed by atoms with Gasteiger partial charge in [0.25, 0.3) is 0 Å². The third-order valence-electron chi connectivity index (χ3n) is 2.92. The fraction of sp³-hybridized carbons (Fsp3) is 0.250. The van der Waals surface area contributed by atoms with Crippen LogP contribution in [-0.2, 0) is 12.3 Å². The van der Waals surface area contributed by atoms with Crippen molar-refractivity contribution in [1.82, 2.24) is 5.32 Å². The fourth-order valence-electron chi connectivity index (χ4n) is 1.98. The summed E-state index contributed by atoms with van der Waals surface area (Å²) in [6.07, 6.45) is 0. The minimum Gasteiger partial charge on any atom is -0.496 e. The van der Waals surface area contributed by atoms with E-state index in [-0.39, 0.29) is 0 Å². The number of hydrogen-bond donors (Lipinski definition) is 1. The first-order chi connectivity index (χ1) is 9.72. The summed E-state index contributed by atoms with van der Waals surface area (Å²) >= 11 is 5.32. The monoisotopic (exact) mass is 351 g/mol. The van der Waals surface area contributed by atoms with Gasteiger partial charge >= 0.3 is 0 Å². The number of thioether (sulfide) groups is 1. The molecule has 0 heterocycles. The van der Waals surface area contributed by atoms with E-state index in [0.29, 0.717) is 0 Å². The Kier molecular flexibility index (Phi) is 5.95. The first-order valence-corrected chi connectivity index (χ1v) is 8.19. The molecule has 0 aliphatic carbocycles. The van der Waals surface area contributed by atoms with Crippen LogP contribution in [0.5, 0.6) is 5.75 Å². The summed E-state index contributed by atoms with van der Waals surface area (Å²) < 4.78 is 6.56. The van der Waals surface area contributed by atoms with Crippen LogP contribution in [0.1, 0.15) is 11.1 Å². The summed E-state index contributed by atoms with van der Waals surface area (Å²) in [5.74, 6) is 1.85. The molecule has 2 nitrogen and oxygen atoms in total. The van der Waals surface area contributed by atoms with E-state index in [0.717, 1.165) is 22.5 Å². The zero-order valence-electron chi connectivity index (χ0n) is 11.7. The van der Waals surface area contributed by atoms with Gasteiger partial charge in [0.1, 0.15) is 5.75 Å². The van der Waals surface area contributed by atoms with Crippen LogP contribution in [0, 0.1) is 0 Å². The lowest BCUT2D eigenvalue weighted by Crippen LogP contribution is -2.05. The van der Waals surface area contributed by atoms with Crippen molar-refractivity contribution in [3.05, 3.63) is 58.1 Å². The smallest absolute Gasteiger partial charge is 0.122 e. The Balaban J connectivity index is 2.12. The third-order valence-corrected chi connectivity index (χ3v) is 4.45. The van der Waals surface area contributed by atoms with Crippen LogP contribution < -0.4 is 10.1 Å². The van der Waals surface area contributed by atoms with Crippen LogP contribution in [0.25, 0.3) is 0 Å². The van der Waals surface area contributed by atoms with Crippen LogP contribution in [0.2, 0.25) is 0 Å². The second-order valence-electron chi connectivity index (χ2n) is 4.42. The molecule has 0 aromatic heterocycles. The van der Waals surface area contributed by atoms with E-state index >= 15 is 0 Å². The van der Waals surface area contributed by atoms with Gasteiger partial charge in [-0.15, -0.1) is 11.8 Å². The van der Waals surface area contributed by atoms with E-state index in [1.807, 2.05) is 30.9 Å². The van der Waals surface area contributed by atoms with Gasteiger partial charge in [0.15, 0.2) is 0 Å². The lowest BCUT2D eigenvalue weighted by atomic mass is 10.1. The number of hydrogen-bond acceptors (Lipinski definition) is 3. The maximum Gasteiger partial charge on any atom is 0.122 e. The maximum absolute atomic E-state index is 5.45. The summed E-state index contributed by atoms with van der Waals surface area (Å²) in [4.78, 5) is 1.25. The van der Waals surface area contributed by atoms with E-state index < -0.39 is 0 Å². The van der Waals surface area contributed by atoms with E-state index in [9.17, 15) is 0 Å². The zero-order valence-corrected chi connectivity index (χ0v) is 14.1. The van der Waals surface area contributed by atoms with E-state index in [2.05, 4.69) is 51.6 Å². The van der Waals surface area contributed by atoms with Gasteiger partial charge in [0.05, 0.1) is 7.11 Å². The lowest BCUT2D eigenvalue weighted by Gasteiger charge is -2.11. The van der Waals surface area contributed by atoms with E-state index in [1.165, 1.54) is 16.0 Å². The highest BCUT2D eigenvalue weighted by Crippen LogP contribution is 2.30. The normalized spacial score (nSPS) is 10.6. The van der Waals surface area contributed by atoms with Crippen molar-refractivity contribution < 1.29 is 4.74 Å². The quantitative estimate of drug-likeness (QED) is 0.775. The highest BCUT2D eigenvalue weighted by Gasteiger charge is 2.05. The SMILES string of the molecule is CNCc1ccc(OC)c(CSc2cccc(Br)c2)c1. The molecule has 2 aromatic carbocycles. The Bertz CT molecular complexity index is 574. The number of nitrogens with one attached hydrogen (secondary N) is 1. The molecule has 2 aromatic rings. The van der Waals surface area contributed by atoms with Gasteiger partial charge < -0.3 is 10.1 Å². The van der Waals surface area contributed by atoms with Crippen molar-refractivity contribution >= 4 is 27.7 Å².